The van der Waals surface area contributed by atoms with Crippen LogP contribution in [-0.4, -0.2) is 17.9 Å². The van der Waals surface area contributed by atoms with Crippen molar-refractivity contribution >= 4 is 16.7 Å². The van der Waals surface area contributed by atoms with Crippen LogP contribution in [0.1, 0.15) is 15.9 Å². The lowest BCUT2D eigenvalue weighted by atomic mass is 10.0. The minimum Gasteiger partial charge on any atom is -0.337 e. The van der Waals surface area contributed by atoms with Crippen LogP contribution in [0.25, 0.3) is 10.8 Å². The van der Waals surface area contributed by atoms with Gasteiger partial charge in [0.05, 0.1) is 0 Å². The average molecular weight is 293 g/mol. The molecule has 0 aliphatic carbocycles. The molecule has 0 spiro atoms. The molecular formula is C19H16FNO. The van der Waals surface area contributed by atoms with E-state index in [1.165, 1.54) is 12.1 Å². The van der Waals surface area contributed by atoms with Gasteiger partial charge in [0.1, 0.15) is 5.82 Å². The van der Waals surface area contributed by atoms with Gasteiger partial charge >= 0.3 is 0 Å². The number of nitrogens with zero attached hydrogens (tertiary/aromatic N) is 1. The highest BCUT2D eigenvalue weighted by atomic mass is 19.1. The van der Waals surface area contributed by atoms with Gasteiger partial charge in [-0.05, 0) is 34.5 Å². The second kappa shape index (κ2) is 5.98. The van der Waals surface area contributed by atoms with Gasteiger partial charge in [-0.1, -0.05) is 48.5 Å². The molecule has 110 valence electrons. The van der Waals surface area contributed by atoms with Crippen LogP contribution in [0.3, 0.4) is 0 Å². The van der Waals surface area contributed by atoms with Crippen LogP contribution < -0.4 is 0 Å². The van der Waals surface area contributed by atoms with Gasteiger partial charge in [0.15, 0.2) is 0 Å². The van der Waals surface area contributed by atoms with Crippen molar-refractivity contribution in [2.75, 3.05) is 7.05 Å². The second-order valence-corrected chi connectivity index (χ2v) is 5.32. The van der Waals surface area contributed by atoms with Gasteiger partial charge < -0.3 is 4.90 Å². The first kappa shape index (κ1) is 14.3. The SMILES string of the molecule is CN(Cc1cccc(F)c1)C(=O)c1cccc2ccccc12. The molecule has 0 radical (unpaired) electrons. The Bertz CT molecular complexity index is 823. The highest BCUT2D eigenvalue weighted by Gasteiger charge is 2.14. The monoisotopic (exact) mass is 293 g/mol. The van der Waals surface area contributed by atoms with Gasteiger partial charge in [-0.3, -0.25) is 4.79 Å². The summed E-state index contributed by atoms with van der Waals surface area (Å²) >= 11 is 0. The number of hydrogen-bond acceptors (Lipinski definition) is 1. The quantitative estimate of drug-likeness (QED) is 0.707. The smallest absolute Gasteiger partial charge is 0.254 e. The molecule has 2 nitrogen and oxygen atoms in total. The third kappa shape index (κ3) is 2.84. The standard InChI is InChI=1S/C19H16FNO/c1-21(13-14-6-4-9-16(20)12-14)19(22)18-11-5-8-15-7-2-3-10-17(15)18/h2-12H,13H2,1H3. The Morgan fingerprint density at radius 1 is 1.00 bits per heavy atom. The van der Waals surface area contributed by atoms with Crippen LogP contribution in [-0.2, 0) is 6.54 Å². The fraction of sp³-hybridized carbons (Fsp3) is 0.105. The minimum atomic E-state index is -0.288. The zero-order chi connectivity index (χ0) is 15.5. The van der Waals surface area contributed by atoms with Crippen LogP contribution in [0.2, 0.25) is 0 Å². The molecule has 0 aliphatic heterocycles. The summed E-state index contributed by atoms with van der Waals surface area (Å²) in [6, 6.07) is 19.8. The van der Waals surface area contributed by atoms with Crippen molar-refractivity contribution in [3.8, 4) is 0 Å². The number of fused-ring (bicyclic) bond motifs is 1. The summed E-state index contributed by atoms with van der Waals surface area (Å²) in [6.07, 6.45) is 0. The summed E-state index contributed by atoms with van der Waals surface area (Å²) in [5.41, 5.74) is 1.44. The lowest BCUT2D eigenvalue weighted by molar-refractivity contribution is 0.0787. The molecule has 22 heavy (non-hydrogen) atoms. The van der Waals surface area contributed by atoms with E-state index in [0.29, 0.717) is 12.1 Å². The fourth-order valence-electron chi connectivity index (χ4n) is 2.60. The highest BCUT2D eigenvalue weighted by Crippen LogP contribution is 2.20. The largest absolute Gasteiger partial charge is 0.337 e. The Morgan fingerprint density at radius 2 is 1.73 bits per heavy atom. The summed E-state index contributed by atoms with van der Waals surface area (Å²) < 4.78 is 13.2. The molecule has 3 aromatic carbocycles. The second-order valence-electron chi connectivity index (χ2n) is 5.32. The van der Waals surface area contributed by atoms with E-state index >= 15 is 0 Å². The molecular weight excluding hydrogens is 277 g/mol. The molecule has 0 heterocycles. The Kier molecular flexibility index (Phi) is 3.88. The maximum Gasteiger partial charge on any atom is 0.254 e. The Morgan fingerprint density at radius 3 is 2.55 bits per heavy atom. The molecule has 0 aromatic heterocycles. The third-order valence-corrected chi connectivity index (χ3v) is 3.68. The number of carbonyl (C=O) groups excluding carboxylic acids is 1. The topological polar surface area (TPSA) is 20.3 Å². The van der Waals surface area contributed by atoms with Crippen LogP contribution in [0.4, 0.5) is 4.39 Å². The number of amides is 1. The van der Waals surface area contributed by atoms with Crippen molar-refractivity contribution in [2.45, 2.75) is 6.54 Å². The predicted octanol–water partition coefficient (Wildman–Crippen LogP) is 4.25. The van der Waals surface area contributed by atoms with Crippen molar-refractivity contribution in [1.82, 2.24) is 4.90 Å². The van der Waals surface area contributed by atoms with Crippen molar-refractivity contribution in [1.29, 1.82) is 0 Å². The van der Waals surface area contributed by atoms with Crippen molar-refractivity contribution in [2.24, 2.45) is 0 Å². The molecule has 1 amide bonds. The summed E-state index contributed by atoms with van der Waals surface area (Å²) in [5.74, 6) is -0.357. The first-order valence-corrected chi connectivity index (χ1v) is 7.13. The molecule has 3 rings (SSSR count). The van der Waals surface area contributed by atoms with Gasteiger partial charge in [0.2, 0.25) is 0 Å². The zero-order valence-electron chi connectivity index (χ0n) is 12.3. The van der Waals surface area contributed by atoms with E-state index in [2.05, 4.69) is 0 Å². The molecule has 3 heteroatoms. The third-order valence-electron chi connectivity index (χ3n) is 3.68. The van der Waals surface area contributed by atoms with E-state index < -0.39 is 0 Å². The lowest BCUT2D eigenvalue weighted by Crippen LogP contribution is -2.26. The van der Waals surface area contributed by atoms with E-state index in [1.807, 2.05) is 48.5 Å². The van der Waals surface area contributed by atoms with Crippen LogP contribution >= 0.6 is 0 Å². The van der Waals surface area contributed by atoms with Gasteiger partial charge in [-0.2, -0.15) is 0 Å². The van der Waals surface area contributed by atoms with Gasteiger partial charge in [-0.25, -0.2) is 4.39 Å². The minimum absolute atomic E-state index is 0.0685. The van der Waals surface area contributed by atoms with Crippen molar-refractivity contribution < 1.29 is 9.18 Å². The molecule has 0 aliphatic rings. The molecule has 0 bridgehead atoms. The molecule has 0 unspecified atom stereocenters. The summed E-state index contributed by atoms with van der Waals surface area (Å²) in [6.45, 7) is 0.375. The predicted molar refractivity (Wildman–Crippen MR) is 86.1 cm³/mol. The van der Waals surface area contributed by atoms with Gasteiger partial charge in [0.25, 0.3) is 5.91 Å². The number of hydrogen-bond donors (Lipinski definition) is 0. The zero-order valence-corrected chi connectivity index (χ0v) is 12.3. The van der Waals surface area contributed by atoms with Gasteiger partial charge in [-0.15, -0.1) is 0 Å². The van der Waals surface area contributed by atoms with E-state index in [4.69, 9.17) is 0 Å². The number of halogens is 1. The van der Waals surface area contributed by atoms with E-state index in [9.17, 15) is 9.18 Å². The number of benzene rings is 3. The van der Waals surface area contributed by atoms with Crippen LogP contribution in [0.15, 0.2) is 66.7 Å². The molecule has 0 saturated heterocycles. The Hall–Kier alpha value is -2.68. The molecule has 0 fully saturated rings. The van der Waals surface area contributed by atoms with Crippen molar-refractivity contribution in [3.05, 3.63) is 83.7 Å². The van der Waals surface area contributed by atoms with Crippen LogP contribution in [0.5, 0.6) is 0 Å². The van der Waals surface area contributed by atoms with E-state index in [-0.39, 0.29) is 11.7 Å². The van der Waals surface area contributed by atoms with E-state index in [0.717, 1.165) is 16.3 Å². The summed E-state index contributed by atoms with van der Waals surface area (Å²) in [4.78, 5) is 14.3. The number of carbonyl (C=O) groups is 1. The highest BCUT2D eigenvalue weighted by molar-refractivity contribution is 6.06. The normalized spacial score (nSPS) is 10.6. The van der Waals surface area contributed by atoms with Crippen LogP contribution in [0, 0.1) is 5.82 Å². The average Bonchev–Trinajstić information content (AvgIpc) is 2.53. The maximum atomic E-state index is 13.2. The Labute approximate surface area is 128 Å². The van der Waals surface area contributed by atoms with E-state index in [1.54, 1.807) is 18.0 Å². The molecule has 0 atom stereocenters. The molecule has 0 saturated carbocycles. The molecule has 3 aromatic rings. The van der Waals surface area contributed by atoms with Crippen molar-refractivity contribution in [3.63, 3.8) is 0 Å². The maximum absolute atomic E-state index is 13.2. The lowest BCUT2D eigenvalue weighted by Gasteiger charge is -2.18. The molecule has 0 N–H and O–H groups in total. The first-order valence-electron chi connectivity index (χ1n) is 7.13. The summed E-state index contributed by atoms with van der Waals surface area (Å²) in [7, 11) is 1.73. The fourth-order valence-corrected chi connectivity index (χ4v) is 2.60. The number of rotatable bonds is 3. The van der Waals surface area contributed by atoms with Gasteiger partial charge in [0, 0.05) is 19.2 Å². The Balaban J connectivity index is 1.89. The first-order chi connectivity index (χ1) is 10.6. The summed E-state index contributed by atoms with van der Waals surface area (Å²) in [5, 5.41) is 1.97.